The minimum atomic E-state index is -3.39. The molecule has 1 rings (SSSR count). The zero-order chi connectivity index (χ0) is 16.4. The number of hydrogen-bond donors (Lipinski definition) is 0. The number of carbonyl (C=O) groups is 1. The van der Waals surface area contributed by atoms with Crippen LogP contribution in [0, 0.1) is 29.1 Å². The van der Waals surface area contributed by atoms with E-state index in [9.17, 15) is 35.2 Å². The molecule has 0 radical (unpaired) electrons. The van der Waals surface area contributed by atoms with Crippen molar-refractivity contribution in [3.05, 3.63) is 34.6 Å². The van der Waals surface area contributed by atoms with Gasteiger partial charge >= 0.3 is 0 Å². The van der Waals surface area contributed by atoms with Gasteiger partial charge in [0.05, 0.1) is 11.3 Å². The SMILES string of the molecule is CCS(=O)(=O)CCCC(=O)c1c(F)c(F)c(F)c(F)c1F. The normalized spacial score (nSPS) is 11.7. The highest BCUT2D eigenvalue weighted by Gasteiger charge is 2.29. The Morgan fingerprint density at radius 3 is 1.76 bits per heavy atom. The number of rotatable bonds is 6. The molecular weight excluding hydrogens is 319 g/mol. The van der Waals surface area contributed by atoms with Crippen LogP contribution in [0.4, 0.5) is 22.0 Å². The van der Waals surface area contributed by atoms with Crippen LogP contribution in [0.1, 0.15) is 30.1 Å². The molecule has 0 spiro atoms. The second-order valence-electron chi connectivity index (χ2n) is 4.21. The van der Waals surface area contributed by atoms with Crippen LogP contribution < -0.4 is 0 Å². The average Bonchev–Trinajstić information content (AvgIpc) is 2.43. The number of ketones is 1. The fourth-order valence-corrected chi connectivity index (χ4v) is 2.44. The number of Topliss-reactive ketones (excluding diaryl/α,β-unsaturated/α-hetero) is 1. The molecule has 0 aliphatic rings. The number of hydrogen-bond acceptors (Lipinski definition) is 3. The number of sulfone groups is 1. The Morgan fingerprint density at radius 2 is 1.33 bits per heavy atom. The molecule has 0 heterocycles. The van der Waals surface area contributed by atoms with Gasteiger partial charge in [0.15, 0.2) is 29.1 Å². The molecule has 0 fully saturated rings. The molecule has 0 saturated heterocycles. The quantitative estimate of drug-likeness (QED) is 0.349. The molecule has 0 aliphatic carbocycles. The summed E-state index contributed by atoms with van der Waals surface area (Å²) in [5.41, 5.74) is -1.54. The number of carbonyl (C=O) groups excluding carboxylic acids is 1. The maximum atomic E-state index is 13.3. The van der Waals surface area contributed by atoms with E-state index >= 15 is 0 Å². The summed E-state index contributed by atoms with van der Waals surface area (Å²) < 4.78 is 87.6. The molecule has 21 heavy (non-hydrogen) atoms. The first kappa shape index (κ1) is 17.5. The molecule has 0 N–H and O–H groups in total. The Balaban J connectivity index is 2.99. The summed E-state index contributed by atoms with van der Waals surface area (Å²) >= 11 is 0. The van der Waals surface area contributed by atoms with Crippen LogP contribution in [0.25, 0.3) is 0 Å². The minimum Gasteiger partial charge on any atom is -0.294 e. The Morgan fingerprint density at radius 1 is 0.905 bits per heavy atom. The molecule has 118 valence electrons. The summed E-state index contributed by atoms with van der Waals surface area (Å²) in [6.07, 6.45) is -0.911. The summed E-state index contributed by atoms with van der Waals surface area (Å²) in [4.78, 5) is 11.5. The molecule has 1 aromatic rings. The molecule has 9 heteroatoms. The van der Waals surface area contributed by atoms with Gasteiger partial charge in [-0.2, -0.15) is 0 Å². The lowest BCUT2D eigenvalue weighted by Gasteiger charge is -2.07. The molecule has 0 amide bonds. The van der Waals surface area contributed by atoms with Crippen molar-refractivity contribution in [1.82, 2.24) is 0 Å². The lowest BCUT2D eigenvalue weighted by molar-refractivity contribution is 0.0970. The third-order valence-electron chi connectivity index (χ3n) is 2.79. The summed E-state index contributed by atoms with van der Waals surface area (Å²) in [5, 5.41) is 0. The van der Waals surface area contributed by atoms with Gasteiger partial charge in [0.1, 0.15) is 9.84 Å². The van der Waals surface area contributed by atoms with Gasteiger partial charge in [-0.25, -0.2) is 30.4 Å². The van der Waals surface area contributed by atoms with Gasteiger partial charge in [-0.3, -0.25) is 4.79 Å². The minimum absolute atomic E-state index is 0.177. The van der Waals surface area contributed by atoms with Crippen molar-refractivity contribution in [1.29, 1.82) is 0 Å². The van der Waals surface area contributed by atoms with E-state index in [-0.39, 0.29) is 12.2 Å². The van der Waals surface area contributed by atoms with Gasteiger partial charge < -0.3 is 0 Å². The molecule has 1 aromatic carbocycles. The van der Waals surface area contributed by atoms with E-state index in [1.165, 1.54) is 6.92 Å². The zero-order valence-corrected chi connectivity index (χ0v) is 11.7. The highest BCUT2D eigenvalue weighted by atomic mass is 32.2. The third-order valence-corrected chi connectivity index (χ3v) is 4.58. The van der Waals surface area contributed by atoms with Gasteiger partial charge in [0, 0.05) is 12.2 Å². The predicted molar refractivity (Wildman–Crippen MR) is 64.1 cm³/mol. The molecule has 0 atom stereocenters. The smallest absolute Gasteiger partial charge is 0.200 e. The summed E-state index contributed by atoms with van der Waals surface area (Å²) in [6.45, 7) is 1.38. The Hall–Kier alpha value is -1.51. The third kappa shape index (κ3) is 3.78. The first-order chi connectivity index (χ1) is 9.62. The summed E-state index contributed by atoms with van der Waals surface area (Å²) in [5.74, 6) is -13.1. The van der Waals surface area contributed by atoms with E-state index in [1.807, 2.05) is 0 Å². The van der Waals surface area contributed by atoms with Crippen LogP contribution in [-0.4, -0.2) is 25.7 Å². The zero-order valence-electron chi connectivity index (χ0n) is 10.9. The Labute approximate surface area is 117 Å². The average molecular weight is 330 g/mol. The van der Waals surface area contributed by atoms with Crippen LogP contribution >= 0.6 is 0 Å². The molecule has 0 saturated carbocycles. The highest BCUT2D eigenvalue weighted by Crippen LogP contribution is 2.24. The fourth-order valence-electron chi connectivity index (χ4n) is 1.57. The van der Waals surface area contributed by atoms with E-state index < -0.39 is 62.4 Å². The monoisotopic (exact) mass is 330 g/mol. The summed E-state index contributed by atoms with van der Waals surface area (Å²) in [7, 11) is -3.39. The van der Waals surface area contributed by atoms with Crippen LogP contribution in [-0.2, 0) is 9.84 Å². The van der Waals surface area contributed by atoms with Crippen LogP contribution in [0.2, 0.25) is 0 Å². The van der Waals surface area contributed by atoms with Crippen molar-refractivity contribution in [3.63, 3.8) is 0 Å². The van der Waals surface area contributed by atoms with E-state index in [0.29, 0.717) is 0 Å². The van der Waals surface area contributed by atoms with Gasteiger partial charge in [0.2, 0.25) is 5.82 Å². The topological polar surface area (TPSA) is 51.2 Å². The van der Waals surface area contributed by atoms with Crippen molar-refractivity contribution in [2.75, 3.05) is 11.5 Å². The lowest BCUT2D eigenvalue weighted by Crippen LogP contribution is -2.15. The molecule has 0 aliphatic heterocycles. The first-order valence-electron chi connectivity index (χ1n) is 5.87. The standard InChI is InChI=1S/C12H11F5O3S/c1-2-21(19,20)5-3-4-6(18)7-8(13)10(15)12(17)11(16)9(7)14/h2-5H2,1H3. The van der Waals surface area contributed by atoms with Gasteiger partial charge in [-0.1, -0.05) is 6.92 Å². The van der Waals surface area contributed by atoms with Crippen LogP contribution in [0.5, 0.6) is 0 Å². The van der Waals surface area contributed by atoms with Crippen LogP contribution in [0.3, 0.4) is 0 Å². The molecule has 0 unspecified atom stereocenters. The van der Waals surface area contributed by atoms with E-state index in [4.69, 9.17) is 0 Å². The first-order valence-corrected chi connectivity index (χ1v) is 7.69. The van der Waals surface area contributed by atoms with Crippen molar-refractivity contribution in [3.8, 4) is 0 Å². The summed E-state index contributed by atoms with van der Waals surface area (Å²) in [6, 6.07) is 0. The fraction of sp³-hybridized carbons (Fsp3) is 0.417. The Kier molecular flexibility index (Phi) is 5.43. The van der Waals surface area contributed by atoms with E-state index in [2.05, 4.69) is 0 Å². The van der Waals surface area contributed by atoms with Gasteiger partial charge in [0.25, 0.3) is 0 Å². The van der Waals surface area contributed by atoms with Crippen molar-refractivity contribution < 1.29 is 35.2 Å². The number of benzene rings is 1. The van der Waals surface area contributed by atoms with Gasteiger partial charge in [-0.05, 0) is 6.42 Å². The van der Waals surface area contributed by atoms with Gasteiger partial charge in [-0.15, -0.1) is 0 Å². The van der Waals surface area contributed by atoms with Crippen molar-refractivity contribution in [2.24, 2.45) is 0 Å². The van der Waals surface area contributed by atoms with Crippen LogP contribution in [0.15, 0.2) is 0 Å². The largest absolute Gasteiger partial charge is 0.294 e. The van der Waals surface area contributed by atoms with Crippen molar-refractivity contribution in [2.45, 2.75) is 19.8 Å². The molecular formula is C12H11F5O3S. The van der Waals surface area contributed by atoms with E-state index in [1.54, 1.807) is 0 Å². The molecule has 3 nitrogen and oxygen atoms in total. The number of halogens is 5. The second-order valence-corrected chi connectivity index (χ2v) is 6.68. The van der Waals surface area contributed by atoms with E-state index in [0.717, 1.165) is 0 Å². The van der Waals surface area contributed by atoms with Crippen molar-refractivity contribution >= 4 is 15.6 Å². The second kappa shape index (κ2) is 6.50. The predicted octanol–water partition coefficient (Wildman–Crippen LogP) is 2.78. The molecule has 0 aromatic heterocycles. The lowest BCUT2D eigenvalue weighted by atomic mass is 10.0. The maximum absolute atomic E-state index is 13.3. The Bertz CT molecular complexity index is 641. The highest BCUT2D eigenvalue weighted by molar-refractivity contribution is 7.91. The maximum Gasteiger partial charge on any atom is 0.200 e. The molecule has 0 bridgehead atoms.